The molecule has 0 spiro atoms. The molecule has 0 amide bonds. The zero-order chi connectivity index (χ0) is 9.84. The van der Waals surface area contributed by atoms with E-state index >= 15 is 0 Å². The highest BCUT2D eigenvalue weighted by Gasteiger charge is 2.02. The molecule has 1 rings (SSSR count). The Balaban J connectivity index is 3.05. The maximum absolute atomic E-state index is 9.03. The monoisotopic (exact) mass is 181 g/mol. The highest BCUT2D eigenvalue weighted by atomic mass is 16.3. The zero-order valence-electron chi connectivity index (χ0n) is 7.99. The van der Waals surface area contributed by atoms with E-state index in [9.17, 15) is 0 Å². The third kappa shape index (κ3) is 2.20. The van der Waals surface area contributed by atoms with Crippen LogP contribution in [0.2, 0.25) is 0 Å². The fraction of sp³-hybridized carbons (Fsp3) is 0.400. The molecular formula is C10H15NO2. The van der Waals surface area contributed by atoms with Gasteiger partial charge in [0, 0.05) is 19.8 Å². The van der Waals surface area contributed by atoms with E-state index in [0.717, 1.165) is 16.8 Å². The lowest BCUT2D eigenvalue weighted by Gasteiger charge is -2.14. The van der Waals surface area contributed by atoms with Crippen molar-refractivity contribution in [1.82, 2.24) is 0 Å². The Hall–Kier alpha value is -1.06. The molecule has 0 aliphatic heterocycles. The van der Waals surface area contributed by atoms with Gasteiger partial charge in [0.2, 0.25) is 0 Å². The first-order valence-electron chi connectivity index (χ1n) is 4.20. The van der Waals surface area contributed by atoms with Gasteiger partial charge in [0.1, 0.15) is 0 Å². The van der Waals surface area contributed by atoms with Gasteiger partial charge in [-0.05, 0) is 23.3 Å². The number of benzene rings is 1. The molecule has 0 saturated heterocycles. The molecular weight excluding hydrogens is 166 g/mol. The van der Waals surface area contributed by atoms with Crippen molar-refractivity contribution in [3.63, 3.8) is 0 Å². The van der Waals surface area contributed by atoms with Crippen molar-refractivity contribution >= 4 is 5.69 Å². The average Bonchev–Trinajstić information content (AvgIpc) is 2.16. The third-order valence-corrected chi connectivity index (χ3v) is 2.05. The van der Waals surface area contributed by atoms with Crippen LogP contribution in [0.25, 0.3) is 0 Å². The summed E-state index contributed by atoms with van der Waals surface area (Å²) in [7, 11) is 3.88. The molecule has 0 aliphatic rings. The maximum Gasteiger partial charge on any atom is 0.0686 e. The molecule has 3 nitrogen and oxygen atoms in total. The molecule has 13 heavy (non-hydrogen) atoms. The molecule has 0 saturated carbocycles. The van der Waals surface area contributed by atoms with E-state index < -0.39 is 0 Å². The van der Waals surface area contributed by atoms with Crippen molar-refractivity contribution in [2.45, 2.75) is 13.2 Å². The number of aliphatic hydroxyl groups excluding tert-OH is 2. The Labute approximate surface area is 78.2 Å². The van der Waals surface area contributed by atoms with Gasteiger partial charge in [0.05, 0.1) is 13.2 Å². The Morgan fingerprint density at radius 1 is 1.08 bits per heavy atom. The van der Waals surface area contributed by atoms with E-state index in [1.165, 1.54) is 0 Å². The molecule has 0 radical (unpaired) electrons. The predicted molar refractivity (Wildman–Crippen MR) is 52.6 cm³/mol. The second-order valence-electron chi connectivity index (χ2n) is 3.16. The van der Waals surface area contributed by atoms with Crippen LogP contribution in [0.5, 0.6) is 0 Å². The van der Waals surface area contributed by atoms with Crippen LogP contribution in [0.4, 0.5) is 5.69 Å². The quantitative estimate of drug-likeness (QED) is 0.722. The normalized spacial score (nSPS) is 10.2. The lowest BCUT2D eigenvalue weighted by atomic mass is 10.1. The SMILES string of the molecule is CN(C)c1ccc(CO)c(CO)c1. The minimum absolute atomic E-state index is 0.0242. The van der Waals surface area contributed by atoms with Gasteiger partial charge in [-0.25, -0.2) is 0 Å². The molecule has 0 aromatic heterocycles. The van der Waals surface area contributed by atoms with Crippen LogP contribution >= 0.6 is 0 Å². The van der Waals surface area contributed by atoms with Gasteiger partial charge in [-0.2, -0.15) is 0 Å². The van der Waals surface area contributed by atoms with Crippen molar-refractivity contribution in [1.29, 1.82) is 0 Å². The smallest absolute Gasteiger partial charge is 0.0686 e. The van der Waals surface area contributed by atoms with Crippen molar-refractivity contribution in [3.8, 4) is 0 Å². The first-order chi connectivity index (χ1) is 6.19. The molecule has 0 heterocycles. The molecule has 2 N–H and O–H groups in total. The van der Waals surface area contributed by atoms with Crippen LogP contribution < -0.4 is 4.90 Å². The van der Waals surface area contributed by atoms with Crippen molar-refractivity contribution < 1.29 is 10.2 Å². The second-order valence-corrected chi connectivity index (χ2v) is 3.16. The summed E-state index contributed by atoms with van der Waals surface area (Å²) < 4.78 is 0. The van der Waals surface area contributed by atoms with Crippen LogP contribution in [0, 0.1) is 0 Å². The summed E-state index contributed by atoms with van der Waals surface area (Å²) in [6.45, 7) is -0.0544. The van der Waals surface area contributed by atoms with Crippen LogP contribution in [-0.4, -0.2) is 24.3 Å². The van der Waals surface area contributed by atoms with Crippen molar-refractivity contribution in [2.24, 2.45) is 0 Å². The van der Waals surface area contributed by atoms with E-state index in [0.29, 0.717) is 0 Å². The van der Waals surface area contributed by atoms with E-state index in [4.69, 9.17) is 10.2 Å². The number of anilines is 1. The second kappa shape index (κ2) is 4.25. The van der Waals surface area contributed by atoms with Gasteiger partial charge in [-0.15, -0.1) is 0 Å². The summed E-state index contributed by atoms with van der Waals surface area (Å²) >= 11 is 0. The molecule has 0 bridgehead atoms. The maximum atomic E-state index is 9.03. The topological polar surface area (TPSA) is 43.7 Å². The summed E-state index contributed by atoms with van der Waals surface area (Å²) in [5.41, 5.74) is 2.60. The highest BCUT2D eigenvalue weighted by Crippen LogP contribution is 2.17. The van der Waals surface area contributed by atoms with Gasteiger partial charge >= 0.3 is 0 Å². The first-order valence-corrected chi connectivity index (χ1v) is 4.20. The van der Waals surface area contributed by atoms with Gasteiger partial charge in [0.15, 0.2) is 0 Å². The van der Waals surface area contributed by atoms with Crippen molar-refractivity contribution in [2.75, 3.05) is 19.0 Å². The number of hydrogen-bond acceptors (Lipinski definition) is 3. The highest BCUT2D eigenvalue weighted by molar-refractivity contribution is 5.49. The Kier molecular flexibility index (Phi) is 3.28. The van der Waals surface area contributed by atoms with E-state index in [-0.39, 0.29) is 13.2 Å². The molecule has 72 valence electrons. The minimum atomic E-state index is -0.0302. The molecule has 0 atom stereocenters. The number of nitrogens with zero attached hydrogens (tertiary/aromatic N) is 1. The Morgan fingerprint density at radius 2 is 1.69 bits per heavy atom. The first kappa shape index (κ1) is 10.0. The van der Waals surface area contributed by atoms with Crippen LogP contribution in [0.15, 0.2) is 18.2 Å². The van der Waals surface area contributed by atoms with Crippen LogP contribution in [0.3, 0.4) is 0 Å². The molecule has 1 aromatic rings. The van der Waals surface area contributed by atoms with E-state index in [1.807, 2.05) is 37.2 Å². The number of hydrogen-bond donors (Lipinski definition) is 2. The van der Waals surface area contributed by atoms with Gasteiger partial charge < -0.3 is 15.1 Å². The summed E-state index contributed by atoms with van der Waals surface area (Å²) in [6, 6.07) is 5.64. The summed E-state index contributed by atoms with van der Waals surface area (Å²) in [4.78, 5) is 1.96. The Bertz CT molecular complexity index is 284. The van der Waals surface area contributed by atoms with E-state index in [2.05, 4.69) is 0 Å². The van der Waals surface area contributed by atoms with Gasteiger partial charge in [-0.1, -0.05) is 6.07 Å². The molecule has 0 aliphatic carbocycles. The third-order valence-electron chi connectivity index (χ3n) is 2.05. The number of rotatable bonds is 3. The average molecular weight is 181 g/mol. The van der Waals surface area contributed by atoms with Gasteiger partial charge in [0.25, 0.3) is 0 Å². The lowest BCUT2D eigenvalue weighted by molar-refractivity contribution is 0.260. The largest absolute Gasteiger partial charge is 0.392 e. The fourth-order valence-electron chi connectivity index (χ4n) is 1.19. The lowest BCUT2D eigenvalue weighted by Crippen LogP contribution is -2.09. The molecule has 3 heteroatoms. The number of aliphatic hydroxyl groups is 2. The minimum Gasteiger partial charge on any atom is -0.392 e. The summed E-state index contributed by atoms with van der Waals surface area (Å²) in [5, 5.41) is 18.0. The zero-order valence-corrected chi connectivity index (χ0v) is 7.99. The van der Waals surface area contributed by atoms with Crippen molar-refractivity contribution in [3.05, 3.63) is 29.3 Å². The van der Waals surface area contributed by atoms with Crippen LogP contribution in [0.1, 0.15) is 11.1 Å². The standard InChI is InChI=1S/C10H15NO2/c1-11(2)10-4-3-8(6-12)9(5-10)7-13/h3-5,12-13H,6-7H2,1-2H3. The molecule has 0 fully saturated rings. The van der Waals surface area contributed by atoms with Crippen LogP contribution in [-0.2, 0) is 13.2 Å². The summed E-state index contributed by atoms with van der Waals surface area (Å²) in [6.07, 6.45) is 0. The Morgan fingerprint density at radius 3 is 2.15 bits per heavy atom. The predicted octanol–water partition coefficient (Wildman–Crippen LogP) is 0.737. The molecule has 0 unspecified atom stereocenters. The molecule has 1 aromatic carbocycles. The fourth-order valence-corrected chi connectivity index (χ4v) is 1.19. The summed E-state index contributed by atoms with van der Waals surface area (Å²) in [5.74, 6) is 0. The van der Waals surface area contributed by atoms with E-state index in [1.54, 1.807) is 0 Å². The van der Waals surface area contributed by atoms with Gasteiger partial charge in [-0.3, -0.25) is 0 Å².